The number of likely N-dealkylation sites (tertiary alicyclic amines) is 1. The molecule has 0 aliphatic carbocycles. The average Bonchev–Trinajstić information content (AvgIpc) is 3.13. The zero-order chi connectivity index (χ0) is 36.6. The third-order valence-electron chi connectivity index (χ3n) is 10.6. The van der Waals surface area contributed by atoms with Crippen LogP contribution in [0.5, 0.6) is 11.5 Å². The highest BCUT2D eigenvalue weighted by Gasteiger charge is 2.51. The van der Waals surface area contributed by atoms with Gasteiger partial charge in [-0.3, -0.25) is 4.79 Å². The van der Waals surface area contributed by atoms with E-state index in [0.29, 0.717) is 48.5 Å². The van der Waals surface area contributed by atoms with Gasteiger partial charge in [-0.2, -0.15) is 0 Å². The Labute approximate surface area is 310 Å². The fourth-order valence-electron chi connectivity index (χ4n) is 8.29. The summed E-state index contributed by atoms with van der Waals surface area (Å²) in [5.41, 5.74) is 3.87. The number of carbonyl (C=O) groups is 2. The summed E-state index contributed by atoms with van der Waals surface area (Å²) in [6, 6.07) is 28.3. The number of nitrogens with zero attached hydrogens (tertiary/aromatic N) is 2. The summed E-state index contributed by atoms with van der Waals surface area (Å²) in [4.78, 5) is 30.7. The number of hydrogen-bond donors (Lipinski definition) is 1. The van der Waals surface area contributed by atoms with Crippen LogP contribution in [0.4, 0.5) is 10.5 Å². The molecule has 7 rings (SSSR count). The smallest absolute Gasteiger partial charge is 0.410 e. The van der Waals surface area contributed by atoms with Crippen LogP contribution in [0.15, 0.2) is 91.0 Å². The van der Waals surface area contributed by atoms with Crippen LogP contribution in [-0.2, 0) is 32.9 Å². The fourth-order valence-corrected chi connectivity index (χ4v) is 8.42. The van der Waals surface area contributed by atoms with Crippen molar-refractivity contribution >= 4 is 29.3 Å². The van der Waals surface area contributed by atoms with Crippen LogP contribution >= 0.6 is 11.6 Å². The zero-order valence-electron chi connectivity index (χ0n) is 30.0. The number of hydrogen-bond acceptors (Lipinski definition) is 7. The molecule has 4 atom stereocenters. The molecule has 2 bridgehead atoms. The van der Waals surface area contributed by atoms with Crippen LogP contribution in [0, 0.1) is 17.8 Å². The van der Waals surface area contributed by atoms with Gasteiger partial charge in [-0.15, -0.1) is 0 Å². The second-order valence-electron chi connectivity index (χ2n) is 14.5. The van der Waals surface area contributed by atoms with E-state index < -0.39 is 11.6 Å². The number of fused-ring (bicyclic) bond motifs is 3. The second kappa shape index (κ2) is 14.8. The molecule has 3 aliphatic rings. The zero-order valence-corrected chi connectivity index (χ0v) is 30.7. The van der Waals surface area contributed by atoms with E-state index in [-0.39, 0.29) is 48.9 Å². The van der Waals surface area contributed by atoms with Gasteiger partial charge in [-0.05, 0) is 85.0 Å². The van der Waals surface area contributed by atoms with Crippen LogP contribution in [-0.4, -0.2) is 61.5 Å². The molecule has 3 unspecified atom stereocenters. The van der Waals surface area contributed by atoms with Crippen LogP contribution in [0.2, 0.25) is 5.02 Å². The Morgan fingerprint density at radius 2 is 1.63 bits per heavy atom. The fraction of sp³-hybridized carbons (Fsp3) is 0.381. The number of methoxy groups -OCH3 is 1. The van der Waals surface area contributed by atoms with Gasteiger partial charge in [0.2, 0.25) is 5.91 Å². The molecule has 0 aromatic heterocycles. The predicted octanol–water partition coefficient (Wildman–Crippen LogP) is 7.55. The number of rotatable bonds is 9. The summed E-state index contributed by atoms with van der Waals surface area (Å²) in [6.45, 7) is 7.73. The third kappa shape index (κ3) is 7.09. The van der Waals surface area contributed by atoms with Crippen molar-refractivity contribution in [2.24, 2.45) is 17.8 Å². The van der Waals surface area contributed by atoms with E-state index in [4.69, 9.17) is 30.5 Å². The van der Waals surface area contributed by atoms with Crippen LogP contribution in [0.3, 0.4) is 0 Å². The molecular formula is C42H45ClN2O7. The summed E-state index contributed by atoms with van der Waals surface area (Å²) < 4.78 is 23.4. The van der Waals surface area contributed by atoms with E-state index in [1.807, 2.05) is 117 Å². The standard InChI is InChI=1S/C42H45ClN2O7/c1-26(2)52-37-20-35-29(18-36(37)49-4)19-38(46)45(40(35)28-10-14-33(43)15-11-28)34-16-12-32(13-17-34)42(3,48)39-30-21-44(22-31(39)25-50-24-30)41(47)51-23-27-8-6-5-7-9-27/h5-18,20,26,30-31,39-40,48H,19,21-25H2,1-4H3/t30?,31?,39?,40-,42?/m0/s1. The van der Waals surface area contributed by atoms with Crippen molar-refractivity contribution in [2.75, 3.05) is 38.3 Å². The van der Waals surface area contributed by atoms with Gasteiger partial charge in [0.15, 0.2) is 11.5 Å². The van der Waals surface area contributed by atoms with Gasteiger partial charge in [0.25, 0.3) is 0 Å². The Bertz CT molecular complexity index is 1880. The second-order valence-corrected chi connectivity index (χ2v) is 14.9. The summed E-state index contributed by atoms with van der Waals surface area (Å²) in [6.07, 6.45) is -0.241. The number of anilines is 1. The molecule has 4 aromatic rings. The maximum atomic E-state index is 14.1. The minimum Gasteiger partial charge on any atom is -0.493 e. The normalized spacial score (nSPS) is 22.4. The van der Waals surface area contributed by atoms with Crippen LogP contribution < -0.4 is 14.4 Å². The predicted molar refractivity (Wildman–Crippen MR) is 199 cm³/mol. The van der Waals surface area contributed by atoms with Gasteiger partial charge < -0.3 is 33.9 Å². The van der Waals surface area contributed by atoms with Crippen molar-refractivity contribution < 1.29 is 33.6 Å². The van der Waals surface area contributed by atoms with Crippen LogP contribution in [0.1, 0.15) is 54.6 Å². The summed E-state index contributed by atoms with van der Waals surface area (Å²) in [5.74, 6) is 0.816. The van der Waals surface area contributed by atoms with Gasteiger partial charge in [-0.1, -0.05) is 66.2 Å². The number of benzene rings is 4. The maximum Gasteiger partial charge on any atom is 0.410 e. The molecular weight excluding hydrogens is 680 g/mol. The molecule has 2 saturated heterocycles. The molecule has 0 radical (unpaired) electrons. The summed E-state index contributed by atoms with van der Waals surface area (Å²) in [7, 11) is 1.60. The Hall–Kier alpha value is -4.57. The minimum absolute atomic E-state index is 0.0651. The molecule has 3 aliphatic heterocycles. The lowest BCUT2D eigenvalue weighted by Gasteiger charge is -2.51. The topological polar surface area (TPSA) is 97.8 Å². The van der Waals surface area contributed by atoms with Crippen molar-refractivity contribution in [2.45, 2.75) is 51.5 Å². The Balaban J connectivity index is 1.15. The van der Waals surface area contributed by atoms with Crippen molar-refractivity contribution in [3.05, 3.63) is 124 Å². The van der Waals surface area contributed by atoms with Gasteiger partial charge in [-0.25, -0.2) is 4.79 Å². The van der Waals surface area contributed by atoms with Crippen molar-refractivity contribution in [1.29, 1.82) is 0 Å². The van der Waals surface area contributed by atoms with E-state index >= 15 is 0 Å². The van der Waals surface area contributed by atoms with Crippen molar-refractivity contribution in [1.82, 2.24) is 4.90 Å². The Morgan fingerprint density at radius 1 is 0.962 bits per heavy atom. The number of amides is 2. The van der Waals surface area contributed by atoms with E-state index in [0.717, 1.165) is 27.8 Å². The molecule has 272 valence electrons. The molecule has 9 nitrogen and oxygen atoms in total. The first-order valence-electron chi connectivity index (χ1n) is 17.8. The summed E-state index contributed by atoms with van der Waals surface area (Å²) in [5, 5.41) is 12.9. The molecule has 52 heavy (non-hydrogen) atoms. The third-order valence-corrected chi connectivity index (χ3v) is 10.8. The average molecular weight is 725 g/mol. The number of ether oxygens (including phenoxy) is 4. The van der Waals surface area contributed by atoms with Gasteiger partial charge >= 0.3 is 6.09 Å². The Morgan fingerprint density at radius 3 is 2.27 bits per heavy atom. The van der Waals surface area contributed by atoms with Gasteiger partial charge in [0, 0.05) is 41.6 Å². The summed E-state index contributed by atoms with van der Waals surface area (Å²) >= 11 is 6.30. The van der Waals surface area contributed by atoms with Gasteiger partial charge in [0.1, 0.15) is 6.61 Å². The highest BCUT2D eigenvalue weighted by Crippen LogP contribution is 2.47. The first-order valence-corrected chi connectivity index (χ1v) is 18.2. The van der Waals surface area contributed by atoms with E-state index in [9.17, 15) is 14.7 Å². The van der Waals surface area contributed by atoms with Crippen molar-refractivity contribution in [3.8, 4) is 11.5 Å². The van der Waals surface area contributed by atoms with E-state index in [2.05, 4.69) is 0 Å². The first kappa shape index (κ1) is 35.8. The monoisotopic (exact) mass is 724 g/mol. The van der Waals surface area contributed by atoms with Crippen molar-refractivity contribution in [3.63, 3.8) is 0 Å². The largest absolute Gasteiger partial charge is 0.493 e. The highest BCUT2D eigenvalue weighted by molar-refractivity contribution is 6.30. The van der Waals surface area contributed by atoms with Crippen LogP contribution in [0.25, 0.3) is 0 Å². The lowest BCUT2D eigenvalue weighted by molar-refractivity contribution is -0.156. The molecule has 0 spiro atoms. The molecule has 10 heteroatoms. The Kier molecular flexibility index (Phi) is 10.2. The van der Waals surface area contributed by atoms with E-state index in [1.54, 1.807) is 12.0 Å². The quantitative estimate of drug-likeness (QED) is 0.190. The lowest BCUT2D eigenvalue weighted by atomic mass is 9.66. The molecule has 0 saturated carbocycles. The first-order chi connectivity index (χ1) is 25.0. The SMILES string of the molecule is COc1cc2c(cc1OC(C)C)[C@H](c1ccc(Cl)cc1)N(c1ccc(C(C)(O)C3C4COCC3CN(C(=O)OCc3ccccc3)C4)cc1)C(=O)C2. The lowest BCUT2D eigenvalue weighted by Crippen LogP contribution is -2.59. The molecule has 3 heterocycles. The maximum absolute atomic E-state index is 14.1. The number of halogens is 1. The van der Waals surface area contributed by atoms with E-state index in [1.165, 1.54) is 0 Å². The number of aliphatic hydroxyl groups is 1. The number of carbonyl (C=O) groups excluding carboxylic acids is 2. The van der Waals surface area contributed by atoms with Gasteiger partial charge in [0.05, 0.1) is 44.5 Å². The molecule has 2 fully saturated rings. The highest BCUT2D eigenvalue weighted by atomic mass is 35.5. The molecule has 4 aromatic carbocycles. The number of piperidine rings is 1. The minimum atomic E-state index is -1.22. The molecule has 2 amide bonds. The molecule has 1 N–H and O–H groups in total.